The van der Waals surface area contributed by atoms with Gasteiger partial charge in [-0.2, -0.15) is 5.10 Å². The third-order valence-electron chi connectivity index (χ3n) is 4.82. The SMILES string of the molecule is Cn1nccc1NC(=O)c1cc(C2CC2)nc2onc(-c3ccccc3)c12. The molecule has 7 nitrogen and oxygen atoms in total. The first-order valence-corrected chi connectivity index (χ1v) is 8.86. The van der Waals surface area contributed by atoms with E-state index in [-0.39, 0.29) is 5.91 Å². The summed E-state index contributed by atoms with van der Waals surface area (Å²) < 4.78 is 7.13. The topological polar surface area (TPSA) is 85.8 Å². The molecule has 0 saturated heterocycles. The first kappa shape index (κ1) is 15.7. The van der Waals surface area contributed by atoms with Crippen molar-refractivity contribution in [1.29, 1.82) is 0 Å². The summed E-state index contributed by atoms with van der Waals surface area (Å²) in [6, 6.07) is 13.3. The number of anilines is 1. The standard InChI is InChI=1S/C20H17N5O2/c1-25-16(9-10-21-25)23-19(26)14-11-15(12-7-8-12)22-20-17(14)18(24-27-20)13-5-3-2-4-6-13/h2-6,9-12H,7-8H2,1H3,(H,23,26). The van der Waals surface area contributed by atoms with E-state index in [1.165, 1.54) is 0 Å². The molecule has 0 radical (unpaired) electrons. The van der Waals surface area contributed by atoms with Gasteiger partial charge in [0.05, 0.1) is 17.1 Å². The van der Waals surface area contributed by atoms with Crippen molar-refractivity contribution in [2.75, 3.05) is 5.32 Å². The van der Waals surface area contributed by atoms with Crippen molar-refractivity contribution in [3.63, 3.8) is 0 Å². The van der Waals surface area contributed by atoms with Crippen LogP contribution in [0.3, 0.4) is 0 Å². The fraction of sp³-hybridized carbons (Fsp3) is 0.200. The van der Waals surface area contributed by atoms with Gasteiger partial charge in [0.25, 0.3) is 11.6 Å². The number of benzene rings is 1. The predicted octanol–water partition coefficient (Wildman–Crippen LogP) is 3.75. The van der Waals surface area contributed by atoms with Gasteiger partial charge in [0.15, 0.2) is 0 Å². The zero-order valence-corrected chi connectivity index (χ0v) is 14.7. The highest BCUT2D eigenvalue weighted by atomic mass is 16.5. The lowest BCUT2D eigenvalue weighted by atomic mass is 10.0. The van der Waals surface area contributed by atoms with Gasteiger partial charge < -0.3 is 9.84 Å². The number of hydrogen-bond acceptors (Lipinski definition) is 5. The van der Waals surface area contributed by atoms with E-state index >= 15 is 0 Å². The molecule has 0 unspecified atom stereocenters. The second-order valence-corrected chi connectivity index (χ2v) is 6.74. The molecule has 0 bridgehead atoms. The van der Waals surface area contributed by atoms with Crippen molar-refractivity contribution in [1.82, 2.24) is 19.9 Å². The van der Waals surface area contributed by atoms with Gasteiger partial charge in [0.1, 0.15) is 11.5 Å². The molecule has 1 amide bonds. The molecule has 7 heteroatoms. The van der Waals surface area contributed by atoms with Crippen LogP contribution in [0, 0.1) is 0 Å². The number of nitrogens with zero attached hydrogens (tertiary/aromatic N) is 4. The molecule has 0 spiro atoms. The molecule has 0 atom stereocenters. The second-order valence-electron chi connectivity index (χ2n) is 6.74. The minimum absolute atomic E-state index is 0.228. The fourth-order valence-electron chi connectivity index (χ4n) is 3.21. The van der Waals surface area contributed by atoms with E-state index in [1.54, 1.807) is 24.0 Å². The maximum Gasteiger partial charge on any atom is 0.259 e. The van der Waals surface area contributed by atoms with E-state index in [0.29, 0.717) is 34.1 Å². The Balaban J connectivity index is 1.67. The molecule has 3 heterocycles. The monoisotopic (exact) mass is 359 g/mol. The number of amides is 1. The molecular weight excluding hydrogens is 342 g/mol. The third kappa shape index (κ3) is 2.77. The number of pyridine rings is 1. The molecule has 1 aliphatic carbocycles. The molecular formula is C20H17N5O2. The van der Waals surface area contributed by atoms with Gasteiger partial charge in [-0.3, -0.25) is 9.48 Å². The number of aromatic nitrogens is 4. The normalized spacial score (nSPS) is 13.8. The second kappa shape index (κ2) is 6.05. The number of carbonyl (C=O) groups is 1. The van der Waals surface area contributed by atoms with Gasteiger partial charge in [-0.1, -0.05) is 35.5 Å². The van der Waals surface area contributed by atoms with Crippen LogP contribution >= 0.6 is 0 Å². The Morgan fingerprint density at radius 1 is 1.22 bits per heavy atom. The Hall–Kier alpha value is -3.48. The first-order chi connectivity index (χ1) is 13.2. The summed E-state index contributed by atoms with van der Waals surface area (Å²) in [6.45, 7) is 0. The third-order valence-corrected chi connectivity index (χ3v) is 4.82. The lowest BCUT2D eigenvalue weighted by Crippen LogP contribution is -2.15. The number of rotatable bonds is 4. The summed E-state index contributed by atoms with van der Waals surface area (Å²) in [7, 11) is 1.78. The summed E-state index contributed by atoms with van der Waals surface area (Å²) in [5.74, 6) is 0.784. The fourth-order valence-corrected chi connectivity index (χ4v) is 3.21. The number of nitrogens with one attached hydrogen (secondary N) is 1. The average molecular weight is 359 g/mol. The Kier molecular flexibility index (Phi) is 3.53. The first-order valence-electron chi connectivity index (χ1n) is 8.86. The minimum Gasteiger partial charge on any atom is -0.335 e. The molecule has 5 rings (SSSR count). The molecule has 1 fully saturated rings. The Bertz CT molecular complexity index is 1140. The number of hydrogen-bond donors (Lipinski definition) is 1. The highest BCUT2D eigenvalue weighted by molar-refractivity contribution is 6.14. The Labute approximate surface area is 155 Å². The maximum absolute atomic E-state index is 13.1. The predicted molar refractivity (Wildman–Crippen MR) is 100 cm³/mol. The quantitative estimate of drug-likeness (QED) is 0.600. The number of aryl methyl sites for hydroxylation is 1. The van der Waals surface area contributed by atoms with Crippen LogP contribution in [0.2, 0.25) is 0 Å². The lowest BCUT2D eigenvalue weighted by Gasteiger charge is -2.08. The summed E-state index contributed by atoms with van der Waals surface area (Å²) >= 11 is 0. The molecule has 1 N–H and O–H groups in total. The largest absolute Gasteiger partial charge is 0.335 e. The van der Waals surface area contributed by atoms with Gasteiger partial charge in [-0.05, 0) is 18.9 Å². The summed E-state index contributed by atoms with van der Waals surface area (Å²) in [6.07, 6.45) is 3.81. The van der Waals surface area contributed by atoms with Crippen molar-refractivity contribution in [3.05, 3.63) is 59.9 Å². The van der Waals surface area contributed by atoms with Crippen LogP contribution in [-0.4, -0.2) is 25.8 Å². The van der Waals surface area contributed by atoms with Crippen LogP contribution < -0.4 is 5.32 Å². The molecule has 1 aromatic carbocycles. The smallest absolute Gasteiger partial charge is 0.259 e. The molecule has 1 aliphatic rings. The molecule has 4 aromatic rings. The zero-order valence-electron chi connectivity index (χ0n) is 14.7. The van der Waals surface area contributed by atoms with Crippen LogP contribution in [0.25, 0.3) is 22.4 Å². The Morgan fingerprint density at radius 2 is 2.04 bits per heavy atom. The van der Waals surface area contributed by atoms with Crippen molar-refractivity contribution in [2.24, 2.45) is 7.05 Å². The summed E-state index contributed by atoms with van der Waals surface area (Å²) in [4.78, 5) is 17.7. The zero-order chi connectivity index (χ0) is 18.4. The molecule has 3 aromatic heterocycles. The van der Waals surface area contributed by atoms with Crippen LogP contribution in [-0.2, 0) is 7.05 Å². The highest BCUT2D eigenvalue weighted by Gasteiger charge is 2.29. The molecule has 27 heavy (non-hydrogen) atoms. The molecule has 1 saturated carbocycles. The van der Waals surface area contributed by atoms with Crippen molar-refractivity contribution in [3.8, 4) is 11.3 Å². The van der Waals surface area contributed by atoms with Crippen LogP contribution in [0.5, 0.6) is 0 Å². The van der Waals surface area contributed by atoms with E-state index in [4.69, 9.17) is 4.52 Å². The minimum atomic E-state index is -0.228. The van der Waals surface area contributed by atoms with Gasteiger partial charge in [0.2, 0.25) is 0 Å². The van der Waals surface area contributed by atoms with Gasteiger partial charge >= 0.3 is 0 Å². The molecule has 0 aliphatic heterocycles. The lowest BCUT2D eigenvalue weighted by molar-refractivity contribution is 0.102. The van der Waals surface area contributed by atoms with Crippen molar-refractivity contribution in [2.45, 2.75) is 18.8 Å². The Morgan fingerprint density at radius 3 is 2.74 bits per heavy atom. The van der Waals surface area contributed by atoms with Crippen molar-refractivity contribution < 1.29 is 9.32 Å². The van der Waals surface area contributed by atoms with Crippen molar-refractivity contribution >= 4 is 22.8 Å². The number of carbonyl (C=O) groups excluding carboxylic acids is 1. The van der Waals surface area contributed by atoms with E-state index < -0.39 is 0 Å². The highest BCUT2D eigenvalue weighted by Crippen LogP contribution is 2.41. The van der Waals surface area contributed by atoms with Gasteiger partial charge in [0, 0.05) is 30.3 Å². The van der Waals surface area contributed by atoms with Crippen LogP contribution in [0.1, 0.15) is 34.8 Å². The van der Waals surface area contributed by atoms with E-state index in [2.05, 4.69) is 20.6 Å². The molecule has 134 valence electrons. The van der Waals surface area contributed by atoms with E-state index in [0.717, 1.165) is 24.1 Å². The average Bonchev–Trinajstić information content (AvgIpc) is 3.34. The maximum atomic E-state index is 13.1. The van der Waals surface area contributed by atoms with E-state index in [9.17, 15) is 4.79 Å². The summed E-state index contributed by atoms with van der Waals surface area (Å²) in [5.41, 5.74) is 3.30. The summed E-state index contributed by atoms with van der Waals surface area (Å²) in [5, 5.41) is 11.9. The van der Waals surface area contributed by atoms with Crippen LogP contribution in [0.15, 0.2) is 53.2 Å². The number of fused-ring (bicyclic) bond motifs is 1. The van der Waals surface area contributed by atoms with Gasteiger partial charge in [-0.25, -0.2) is 4.98 Å². The van der Waals surface area contributed by atoms with Gasteiger partial charge in [-0.15, -0.1) is 0 Å². The van der Waals surface area contributed by atoms with E-state index in [1.807, 2.05) is 36.4 Å². The van der Waals surface area contributed by atoms with Crippen LogP contribution in [0.4, 0.5) is 5.82 Å².